The van der Waals surface area contributed by atoms with E-state index < -0.39 is 32.5 Å². The largest absolute Gasteiger partial charge is 0.467 e. The Morgan fingerprint density at radius 2 is 1.81 bits per heavy atom. The molecule has 1 atom stereocenters. The van der Waals surface area contributed by atoms with Crippen molar-refractivity contribution in [1.82, 2.24) is 0 Å². The lowest BCUT2D eigenvalue weighted by Gasteiger charge is -2.22. The zero-order valence-electron chi connectivity index (χ0n) is 11.8. The minimum atomic E-state index is -4.76. The highest BCUT2D eigenvalue weighted by molar-refractivity contribution is 7.91. The first-order chi connectivity index (χ1) is 9.71. The molecule has 0 saturated carbocycles. The van der Waals surface area contributed by atoms with Gasteiger partial charge >= 0.3 is 11.7 Å². The number of hydrogen-bond acceptors (Lipinski definition) is 5. The number of benzene rings is 1. The number of alkyl halides is 2. The molecular formula is C13H17F2NO4S. The molecule has 8 heteroatoms. The maximum absolute atomic E-state index is 12.7. The molecule has 118 valence electrons. The number of esters is 1. The van der Waals surface area contributed by atoms with E-state index in [-0.39, 0.29) is 11.6 Å². The van der Waals surface area contributed by atoms with Crippen LogP contribution in [-0.4, -0.2) is 33.3 Å². The molecule has 0 bridgehead atoms. The summed E-state index contributed by atoms with van der Waals surface area (Å²) in [6, 6.07) is 4.38. The van der Waals surface area contributed by atoms with Crippen LogP contribution in [0.25, 0.3) is 0 Å². The summed E-state index contributed by atoms with van der Waals surface area (Å²) in [4.78, 5) is 11.1. The van der Waals surface area contributed by atoms with Gasteiger partial charge in [-0.1, -0.05) is 26.0 Å². The molecule has 0 heterocycles. The second kappa shape index (κ2) is 6.84. The third kappa shape index (κ3) is 3.90. The highest BCUT2D eigenvalue weighted by Gasteiger charge is 2.31. The summed E-state index contributed by atoms with van der Waals surface area (Å²) in [5.74, 6) is -4.36. The predicted molar refractivity (Wildman–Crippen MR) is 73.9 cm³/mol. The lowest BCUT2D eigenvalue weighted by Crippen LogP contribution is -2.36. The average Bonchev–Trinajstić information content (AvgIpc) is 2.43. The van der Waals surface area contributed by atoms with Crippen LogP contribution in [0.5, 0.6) is 0 Å². The number of anilines is 1. The minimum Gasteiger partial charge on any atom is -0.467 e. The highest BCUT2D eigenvalue weighted by atomic mass is 32.2. The number of carbonyl (C=O) groups is 1. The van der Waals surface area contributed by atoms with E-state index in [1.807, 2.05) is 0 Å². The van der Waals surface area contributed by atoms with Crippen molar-refractivity contribution < 1.29 is 26.7 Å². The van der Waals surface area contributed by atoms with Gasteiger partial charge in [0.1, 0.15) is 6.04 Å². The van der Waals surface area contributed by atoms with Crippen LogP contribution >= 0.6 is 0 Å². The van der Waals surface area contributed by atoms with Gasteiger partial charge in [-0.25, -0.2) is 13.2 Å². The highest BCUT2D eigenvalue weighted by Crippen LogP contribution is 2.27. The van der Waals surface area contributed by atoms with Gasteiger partial charge in [0.25, 0.3) is 0 Å². The number of sulfone groups is 1. The van der Waals surface area contributed by atoms with Crippen LogP contribution in [0.1, 0.15) is 13.8 Å². The van der Waals surface area contributed by atoms with E-state index in [1.165, 1.54) is 25.3 Å². The summed E-state index contributed by atoms with van der Waals surface area (Å²) in [5, 5.41) is 2.67. The fraction of sp³-hybridized carbons (Fsp3) is 0.462. The van der Waals surface area contributed by atoms with E-state index in [4.69, 9.17) is 0 Å². The zero-order valence-corrected chi connectivity index (χ0v) is 12.7. The lowest BCUT2D eigenvalue weighted by atomic mass is 10.0. The minimum absolute atomic E-state index is 0.0538. The molecule has 0 fully saturated rings. The molecule has 21 heavy (non-hydrogen) atoms. The zero-order chi connectivity index (χ0) is 16.2. The summed E-state index contributed by atoms with van der Waals surface area (Å²) in [5.41, 5.74) is -0.0538. The number of carbonyl (C=O) groups excluding carboxylic acids is 1. The maximum Gasteiger partial charge on any atom is 0.341 e. The number of hydrogen-bond donors (Lipinski definition) is 1. The van der Waals surface area contributed by atoms with Gasteiger partial charge in [-0.2, -0.15) is 8.78 Å². The first-order valence-corrected chi connectivity index (χ1v) is 7.72. The Labute approximate surface area is 122 Å². The number of methoxy groups -OCH3 is 1. The third-order valence-corrected chi connectivity index (χ3v) is 4.30. The van der Waals surface area contributed by atoms with Gasteiger partial charge in [0.15, 0.2) is 0 Å². The van der Waals surface area contributed by atoms with E-state index in [2.05, 4.69) is 10.1 Å². The number of nitrogens with one attached hydrogen (secondary N) is 1. The molecule has 0 amide bonds. The van der Waals surface area contributed by atoms with Gasteiger partial charge in [0, 0.05) is 0 Å². The molecule has 1 aromatic carbocycles. The quantitative estimate of drug-likeness (QED) is 0.814. The Bertz CT molecular complexity index is 602. The van der Waals surface area contributed by atoms with Crippen molar-refractivity contribution in [1.29, 1.82) is 0 Å². The number of rotatable bonds is 6. The van der Waals surface area contributed by atoms with Crippen LogP contribution in [0.4, 0.5) is 14.5 Å². The molecule has 0 aliphatic heterocycles. The molecule has 0 aliphatic rings. The van der Waals surface area contributed by atoms with E-state index in [1.54, 1.807) is 13.8 Å². The van der Waals surface area contributed by atoms with Crippen LogP contribution in [0.15, 0.2) is 29.2 Å². The predicted octanol–water partition coefficient (Wildman–Crippen LogP) is 2.29. The molecule has 1 unspecified atom stereocenters. The summed E-state index contributed by atoms with van der Waals surface area (Å²) in [6.07, 6.45) is 0. The van der Waals surface area contributed by atoms with Crippen molar-refractivity contribution in [3.8, 4) is 0 Å². The molecule has 0 radical (unpaired) electrons. The molecule has 0 saturated heterocycles. The lowest BCUT2D eigenvalue weighted by molar-refractivity contribution is -0.142. The van der Waals surface area contributed by atoms with Gasteiger partial charge in [-0.05, 0) is 18.1 Å². The van der Waals surface area contributed by atoms with Crippen molar-refractivity contribution in [2.24, 2.45) is 5.92 Å². The number of ether oxygens (including phenoxy) is 1. The second-order valence-corrected chi connectivity index (χ2v) is 6.58. The molecule has 1 aromatic rings. The standard InChI is InChI=1S/C13H17F2NO4S/c1-8(2)11(12(17)20-3)16-9-6-4-5-7-10(9)21(18,19)13(14)15/h4-8,11,13,16H,1-3H3. The van der Waals surface area contributed by atoms with Crippen LogP contribution < -0.4 is 5.32 Å². The van der Waals surface area contributed by atoms with Crippen LogP contribution in [0, 0.1) is 5.92 Å². The molecule has 5 nitrogen and oxygen atoms in total. The third-order valence-electron chi connectivity index (χ3n) is 2.86. The molecular weight excluding hydrogens is 304 g/mol. The van der Waals surface area contributed by atoms with Gasteiger partial charge in [0.05, 0.1) is 17.7 Å². The van der Waals surface area contributed by atoms with Gasteiger partial charge in [-0.15, -0.1) is 0 Å². The molecule has 0 spiro atoms. The van der Waals surface area contributed by atoms with Crippen LogP contribution in [-0.2, 0) is 19.4 Å². The maximum atomic E-state index is 12.7. The molecule has 1 N–H and O–H groups in total. The molecule has 1 rings (SSSR count). The van der Waals surface area contributed by atoms with Crippen LogP contribution in [0.3, 0.4) is 0 Å². The number of para-hydroxylation sites is 1. The smallest absolute Gasteiger partial charge is 0.341 e. The summed E-state index contributed by atoms with van der Waals surface area (Å²) >= 11 is 0. The summed E-state index contributed by atoms with van der Waals surface area (Å²) in [6.45, 7) is 3.44. The van der Waals surface area contributed by atoms with Crippen molar-refractivity contribution >= 4 is 21.5 Å². The Hall–Kier alpha value is -1.70. The fourth-order valence-electron chi connectivity index (χ4n) is 1.72. The Balaban J connectivity index is 3.24. The van der Waals surface area contributed by atoms with Gasteiger partial charge < -0.3 is 10.1 Å². The van der Waals surface area contributed by atoms with E-state index >= 15 is 0 Å². The first kappa shape index (κ1) is 17.4. The summed E-state index contributed by atoms with van der Waals surface area (Å²) < 4.78 is 53.3. The second-order valence-electron chi connectivity index (χ2n) is 4.69. The van der Waals surface area contributed by atoms with Gasteiger partial charge in [0.2, 0.25) is 9.84 Å². The van der Waals surface area contributed by atoms with Gasteiger partial charge in [-0.3, -0.25) is 0 Å². The normalized spacial score (nSPS) is 13.3. The fourth-order valence-corrected chi connectivity index (χ4v) is 2.62. The first-order valence-electron chi connectivity index (χ1n) is 6.17. The summed E-state index contributed by atoms with van der Waals surface area (Å²) in [7, 11) is -3.56. The Morgan fingerprint density at radius 1 is 1.24 bits per heavy atom. The monoisotopic (exact) mass is 321 g/mol. The number of halogens is 2. The van der Waals surface area contributed by atoms with E-state index in [0.29, 0.717) is 0 Å². The molecule has 0 aliphatic carbocycles. The van der Waals surface area contributed by atoms with Crippen molar-refractivity contribution in [2.75, 3.05) is 12.4 Å². The van der Waals surface area contributed by atoms with E-state index in [0.717, 1.165) is 6.07 Å². The SMILES string of the molecule is COC(=O)C(Nc1ccccc1S(=O)(=O)C(F)F)C(C)C. The van der Waals surface area contributed by atoms with Crippen molar-refractivity contribution in [3.05, 3.63) is 24.3 Å². The Kier molecular flexibility index (Phi) is 5.65. The van der Waals surface area contributed by atoms with Crippen molar-refractivity contribution in [2.45, 2.75) is 30.5 Å². The van der Waals surface area contributed by atoms with Crippen molar-refractivity contribution in [3.63, 3.8) is 0 Å². The Morgan fingerprint density at radius 3 is 2.29 bits per heavy atom. The average molecular weight is 321 g/mol. The topological polar surface area (TPSA) is 72.5 Å². The molecule has 0 aromatic heterocycles. The van der Waals surface area contributed by atoms with Crippen LogP contribution in [0.2, 0.25) is 0 Å². The van der Waals surface area contributed by atoms with E-state index in [9.17, 15) is 22.0 Å².